The van der Waals surface area contributed by atoms with Crippen LogP contribution in [-0.2, 0) is 19.3 Å². The van der Waals surface area contributed by atoms with Crippen LogP contribution in [0, 0.1) is 11.3 Å². The molecule has 0 spiro atoms. The summed E-state index contributed by atoms with van der Waals surface area (Å²) in [6.07, 6.45) is -4.37. The second-order valence-electron chi connectivity index (χ2n) is 5.62. The molecule has 128 valence electrons. The number of fused-ring (bicyclic) bond motifs is 1. The summed E-state index contributed by atoms with van der Waals surface area (Å²) in [6, 6.07) is 11.7. The number of nitrogens with zero attached hydrogens (tertiary/aromatic N) is 2. The number of ether oxygens (including phenoxy) is 1. The fourth-order valence-corrected chi connectivity index (χ4v) is 2.60. The first-order valence-corrected chi connectivity index (χ1v) is 7.46. The van der Waals surface area contributed by atoms with Gasteiger partial charge in [0.2, 0.25) is 0 Å². The molecule has 2 aromatic carbocycles. The van der Waals surface area contributed by atoms with Crippen LogP contribution in [0.15, 0.2) is 42.5 Å². The van der Waals surface area contributed by atoms with Crippen LogP contribution < -0.4 is 4.74 Å². The molecule has 1 aliphatic rings. The van der Waals surface area contributed by atoms with Gasteiger partial charge >= 0.3 is 6.18 Å². The normalized spacial score (nSPS) is 13.5. The number of rotatable bonds is 4. The molecule has 0 aliphatic carbocycles. The maximum Gasteiger partial charge on any atom is 0.416 e. The van der Waals surface area contributed by atoms with E-state index in [4.69, 9.17) is 10.00 Å². The quantitative estimate of drug-likeness (QED) is 0.792. The van der Waals surface area contributed by atoms with Crippen LogP contribution in [0.3, 0.4) is 0 Å². The number of hydrogen-bond donors (Lipinski definition) is 0. The summed E-state index contributed by atoms with van der Waals surface area (Å²) in [6.45, 7) is 0.503. The van der Waals surface area contributed by atoms with Crippen molar-refractivity contribution in [1.82, 2.24) is 4.90 Å². The highest BCUT2D eigenvalue weighted by Crippen LogP contribution is 2.30. The fraction of sp³-hybridized carbons (Fsp3) is 0.222. The van der Waals surface area contributed by atoms with Crippen molar-refractivity contribution in [2.24, 2.45) is 0 Å². The molecule has 3 rings (SSSR count). The van der Waals surface area contributed by atoms with E-state index in [9.17, 15) is 18.0 Å². The SMILES string of the molecule is N#CCN1Cc2ccc(OCc3ccc(C(F)(F)F)cc3)cc2C1=O. The minimum absolute atomic E-state index is 0.0231. The van der Waals surface area contributed by atoms with Gasteiger partial charge in [0.1, 0.15) is 18.9 Å². The number of carbonyl (C=O) groups excluding carboxylic acids is 1. The Hall–Kier alpha value is -3.01. The molecule has 25 heavy (non-hydrogen) atoms. The summed E-state index contributed by atoms with van der Waals surface area (Å²) in [7, 11) is 0. The van der Waals surface area contributed by atoms with Crippen LogP contribution in [-0.4, -0.2) is 17.4 Å². The van der Waals surface area contributed by atoms with Gasteiger partial charge in [-0.25, -0.2) is 0 Å². The van der Waals surface area contributed by atoms with Gasteiger partial charge in [-0.15, -0.1) is 0 Å². The molecule has 0 aromatic heterocycles. The van der Waals surface area contributed by atoms with Gasteiger partial charge in [-0.3, -0.25) is 4.79 Å². The van der Waals surface area contributed by atoms with Crippen LogP contribution in [0.4, 0.5) is 13.2 Å². The highest BCUT2D eigenvalue weighted by atomic mass is 19.4. The Morgan fingerprint density at radius 2 is 1.88 bits per heavy atom. The van der Waals surface area contributed by atoms with E-state index in [2.05, 4.69) is 0 Å². The minimum atomic E-state index is -4.37. The van der Waals surface area contributed by atoms with Crippen molar-refractivity contribution in [3.63, 3.8) is 0 Å². The van der Waals surface area contributed by atoms with Gasteiger partial charge in [0, 0.05) is 12.1 Å². The number of hydrogen-bond acceptors (Lipinski definition) is 3. The zero-order valence-electron chi connectivity index (χ0n) is 13.0. The van der Waals surface area contributed by atoms with E-state index >= 15 is 0 Å². The molecule has 0 N–H and O–H groups in total. The third-order valence-electron chi connectivity index (χ3n) is 3.91. The van der Waals surface area contributed by atoms with Crippen molar-refractivity contribution in [3.8, 4) is 11.8 Å². The fourth-order valence-electron chi connectivity index (χ4n) is 2.60. The summed E-state index contributed by atoms with van der Waals surface area (Å²) in [5, 5.41) is 8.72. The van der Waals surface area contributed by atoms with Crippen LogP contribution in [0.2, 0.25) is 0 Å². The van der Waals surface area contributed by atoms with Crippen molar-refractivity contribution in [3.05, 3.63) is 64.7 Å². The molecule has 0 unspecified atom stereocenters. The van der Waals surface area contributed by atoms with E-state index < -0.39 is 11.7 Å². The van der Waals surface area contributed by atoms with Crippen molar-refractivity contribution in [2.75, 3.05) is 6.54 Å². The molecule has 0 saturated carbocycles. The zero-order valence-corrected chi connectivity index (χ0v) is 13.0. The molecule has 0 saturated heterocycles. The van der Waals surface area contributed by atoms with Crippen LogP contribution >= 0.6 is 0 Å². The lowest BCUT2D eigenvalue weighted by Crippen LogP contribution is -2.23. The monoisotopic (exact) mass is 346 g/mol. The van der Waals surface area contributed by atoms with E-state index in [1.54, 1.807) is 18.2 Å². The third-order valence-corrected chi connectivity index (χ3v) is 3.91. The molecule has 1 amide bonds. The minimum Gasteiger partial charge on any atom is -0.489 e. The number of nitriles is 1. The zero-order chi connectivity index (χ0) is 18.0. The smallest absolute Gasteiger partial charge is 0.416 e. The lowest BCUT2D eigenvalue weighted by atomic mass is 10.1. The molecule has 0 atom stereocenters. The maximum atomic E-state index is 12.5. The average Bonchev–Trinajstić information content (AvgIpc) is 2.89. The summed E-state index contributed by atoms with van der Waals surface area (Å²) in [5.41, 5.74) is 1.19. The molecule has 4 nitrogen and oxygen atoms in total. The molecule has 2 aromatic rings. The lowest BCUT2D eigenvalue weighted by Gasteiger charge is -2.10. The molecule has 7 heteroatoms. The Kier molecular flexibility index (Phi) is 4.36. The highest BCUT2D eigenvalue weighted by Gasteiger charge is 2.30. The van der Waals surface area contributed by atoms with Gasteiger partial charge in [0.25, 0.3) is 5.91 Å². The van der Waals surface area contributed by atoms with Crippen molar-refractivity contribution in [1.29, 1.82) is 5.26 Å². The predicted molar refractivity (Wildman–Crippen MR) is 82.6 cm³/mol. The van der Waals surface area contributed by atoms with Gasteiger partial charge < -0.3 is 9.64 Å². The first-order valence-electron chi connectivity index (χ1n) is 7.46. The number of benzene rings is 2. The average molecular weight is 346 g/mol. The van der Waals surface area contributed by atoms with E-state index in [0.717, 1.165) is 17.7 Å². The second-order valence-corrected chi connectivity index (χ2v) is 5.62. The van der Waals surface area contributed by atoms with Gasteiger partial charge in [-0.05, 0) is 35.4 Å². The van der Waals surface area contributed by atoms with Crippen molar-refractivity contribution >= 4 is 5.91 Å². The Balaban J connectivity index is 1.68. The van der Waals surface area contributed by atoms with Crippen molar-refractivity contribution in [2.45, 2.75) is 19.3 Å². The Labute approximate surface area is 142 Å². The Morgan fingerprint density at radius 3 is 2.52 bits per heavy atom. The van der Waals surface area contributed by atoms with E-state index in [-0.39, 0.29) is 19.1 Å². The highest BCUT2D eigenvalue weighted by molar-refractivity contribution is 5.98. The van der Waals surface area contributed by atoms with Crippen molar-refractivity contribution < 1.29 is 22.7 Å². The Bertz CT molecular complexity index is 839. The number of alkyl halides is 3. The number of amides is 1. The molecule has 0 bridgehead atoms. The summed E-state index contributed by atoms with van der Waals surface area (Å²) < 4.78 is 43.2. The van der Waals surface area contributed by atoms with E-state index in [1.807, 2.05) is 6.07 Å². The second kappa shape index (κ2) is 6.48. The topological polar surface area (TPSA) is 53.3 Å². The Morgan fingerprint density at radius 1 is 1.16 bits per heavy atom. The van der Waals surface area contributed by atoms with Gasteiger partial charge in [-0.2, -0.15) is 18.4 Å². The van der Waals surface area contributed by atoms with Crippen LogP contribution in [0.25, 0.3) is 0 Å². The summed E-state index contributed by atoms with van der Waals surface area (Å²) in [5.74, 6) is 0.224. The molecule has 1 heterocycles. The molecule has 0 radical (unpaired) electrons. The van der Waals surface area contributed by atoms with Gasteiger partial charge in [0.05, 0.1) is 11.6 Å². The lowest BCUT2D eigenvalue weighted by molar-refractivity contribution is -0.137. The van der Waals surface area contributed by atoms with Gasteiger partial charge in [-0.1, -0.05) is 18.2 Å². The molecule has 1 aliphatic heterocycles. The van der Waals surface area contributed by atoms with Gasteiger partial charge in [0.15, 0.2) is 0 Å². The molecular formula is C18H13F3N2O2. The predicted octanol–water partition coefficient (Wildman–Crippen LogP) is 3.76. The van der Waals surface area contributed by atoms with E-state index in [1.165, 1.54) is 17.0 Å². The molecular weight excluding hydrogens is 333 g/mol. The third kappa shape index (κ3) is 3.58. The molecule has 0 fully saturated rings. The maximum absolute atomic E-state index is 12.5. The van der Waals surface area contributed by atoms with Crippen LogP contribution in [0.5, 0.6) is 5.75 Å². The number of carbonyl (C=O) groups is 1. The first kappa shape index (κ1) is 16.8. The first-order chi connectivity index (χ1) is 11.9. The standard InChI is InChI=1S/C18H13F3N2O2/c19-18(20,21)14-4-1-12(2-5-14)11-25-15-6-3-13-10-23(8-7-22)17(24)16(13)9-15/h1-6,9H,8,10-11H2. The van der Waals surface area contributed by atoms with E-state index in [0.29, 0.717) is 23.4 Å². The number of halogens is 3. The summed E-state index contributed by atoms with van der Waals surface area (Å²) >= 11 is 0. The summed E-state index contributed by atoms with van der Waals surface area (Å²) in [4.78, 5) is 13.6. The largest absolute Gasteiger partial charge is 0.489 e. The van der Waals surface area contributed by atoms with Crippen LogP contribution in [0.1, 0.15) is 27.0 Å².